The molecule has 0 aromatic heterocycles. The van der Waals surface area contributed by atoms with Crippen molar-refractivity contribution in [2.45, 2.75) is 74.1 Å². The molecule has 98 valence electrons. The molecular weight excluding hydrogens is 192 g/mol. The van der Waals surface area contributed by atoms with Gasteiger partial charge in [0.25, 0.3) is 0 Å². The second kappa shape index (κ2) is 8.14. The Bertz CT molecular complexity index is 159. The van der Waals surface area contributed by atoms with Crippen LogP contribution in [0.1, 0.15) is 74.1 Å². The quantitative estimate of drug-likeness (QED) is 0.573. The van der Waals surface area contributed by atoms with Crippen LogP contribution in [0, 0.1) is 29.6 Å². The molecule has 4 atom stereocenters. The van der Waals surface area contributed by atoms with E-state index in [9.17, 15) is 0 Å². The van der Waals surface area contributed by atoms with E-state index in [0.717, 1.165) is 29.6 Å². The van der Waals surface area contributed by atoms with Crippen LogP contribution in [0.25, 0.3) is 0 Å². The van der Waals surface area contributed by atoms with E-state index in [2.05, 4.69) is 34.6 Å². The molecule has 0 spiro atoms. The van der Waals surface area contributed by atoms with Gasteiger partial charge in [-0.1, -0.05) is 67.7 Å². The molecule has 0 amide bonds. The number of rotatable bonds is 3. The summed E-state index contributed by atoms with van der Waals surface area (Å²) in [6.45, 7) is 16.1. The predicted octanol–water partition coefficient (Wildman–Crippen LogP) is 5.77. The summed E-state index contributed by atoms with van der Waals surface area (Å²) in [7, 11) is 0. The lowest BCUT2D eigenvalue weighted by Gasteiger charge is -2.39. The minimum Gasteiger partial charge on any atom is -0.0683 e. The van der Waals surface area contributed by atoms with Crippen molar-refractivity contribution in [3.8, 4) is 0 Å². The lowest BCUT2D eigenvalue weighted by Crippen LogP contribution is -2.30. The molecule has 0 aromatic rings. The Morgan fingerprint density at radius 3 is 2.06 bits per heavy atom. The van der Waals surface area contributed by atoms with Crippen LogP contribution in [0.2, 0.25) is 0 Å². The molecular formula is C16H34. The van der Waals surface area contributed by atoms with Gasteiger partial charge in [0.2, 0.25) is 0 Å². The minimum atomic E-state index is 0.873. The maximum Gasteiger partial charge on any atom is -0.0355 e. The fourth-order valence-electron chi connectivity index (χ4n) is 3.44. The van der Waals surface area contributed by atoms with Crippen molar-refractivity contribution in [1.82, 2.24) is 0 Å². The van der Waals surface area contributed by atoms with E-state index < -0.39 is 0 Å². The zero-order chi connectivity index (χ0) is 12.7. The molecule has 0 aromatic carbocycles. The van der Waals surface area contributed by atoms with Gasteiger partial charge >= 0.3 is 0 Å². The molecule has 0 radical (unpaired) electrons. The van der Waals surface area contributed by atoms with E-state index in [0.29, 0.717) is 0 Å². The maximum atomic E-state index is 2.47. The fraction of sp³-hybridized carbons (Fsp3) is 1.00. The summed E-state index contributed by atoms with van der Waals surface area (Å²) in [5.74, 6) is 4.79. The van der Waals surface area contributed by atoms with Crippen molar-refractivity contribution in [3.63, 3.8) is 0 Å². The van der Waals surface area contributed by atoms with Gasteiger partial charge in [0.15, 0.2) is 0 Å². The van der Waals surface area contributed by atoms with Crippen molar-refractivity contribution >= 4 is 0 Å². The van der Waals surface area contributed by atoms with Gasteiger partial charge in [-0.15, -0.1) is 0 Å². The standard InChI is InChI=1S/C14H28.C2H6/c1-6-13(10(2)3)14-9-11(4)7-8-12(14)5;1-2/h10-14H,6-9H2,1-5H3;1-2H3. The van der Waals surface area contributed by atoms with Crippen molar-refractivity contribution in [3.05, 3.63) is 0 Å². The van der Waals surface area contributed by atoms with Crippen LogP contribution in [0.4, 0.5) is 0 Å². The molecule has 1 aliphatic rings. The van der Waals surface area contributed by atoms with Gasteiger partial charge in [0.05, 0.1) is 0 Å². The lowest BCUT2D eigenvalue weighted by atomic mass is 9.66. The van der Waals surface area contributed by atoms with Gasteiger partial charge in [-0.3, -0.25) is 0 Å². The van der Waals surface area contributed by atoms with Gasteiger partial charge in [-0.2, -0.15) is 0 Å². The van der Waals surface area contributed by atoms with Gasteiger partial charge in [0, 0.05) is 0 Å². The smallest absolute Gasteiger partial charge is 0.0355 e. The van der Waals surface area contributed by atoms with Crippen molar-refractivity contribution < 1.29 is 0 Å². The first-order valence-electron chi connectivity index (χ1n) is 7.56. The average Bonchev–Trinajstić information content (AvgIpc) is 2.26. The molecule has 1 aliphatic carbocycles. The minimum absolute atomic E-state index is 0.873. The largest absolute Gasteiger partial charge is 0.0683 e. The van der Waals surface area contributed by atoms with Crippen LogP contribution in [-0.2, 0) is 0 Å². The van der Waals surface area contributed by atoms with E-state index in [-0.39, 0.29) is 0 Å². The summed E-state index contributed by atoms with van der Waals surface area (Å²) in [4.78, 5) is 0. The molecule has 1 saturated carbocycles. The predicted molar refractivity (Wildman–Crippen MR) is 75.6 cm³/mol. The normalized spacial score (nSPS) is 31.9. The summed E-state index contributed by atoms with van der Waals surface area (Å²) >= 11 is 0. The first-order chi connectivity index (χ1) is 7.56. The highest BCUT2D eigenvalue weighted by molar-refractivity contribution is 4.82. The zero-order valence-corrected chi connectivity index (χ0v) is 12.7. The third kappa shape index (κ3) is 4.47. The van der Waals surface area contributed by atoms with Crippen LogP contribution >= 0.6 is 0 Å². The molecule has 0 N–H and O–H groups in total. The molecule has 0 saturated heterocycles. The Labute approximate surface area is 104 Å². The van der Waals surface area contributed by atoms with Gasteiger partial charge in [-0.05, 0) is 36.0 Å². The van der Waals surface area contributed by atoms with Crippen molar-refractivity contribution in [2.24, 2.45) is 29.6 Å². The Balaban J connectivity index is 0.00000106. The first-order valence-corrected chi connectivity index (χ1v) is 7.56. The van der Waals surface area contributed by atoms with E-state index in [4.69, 9.17) is 0 Å². The van der Waals surface area contributed by atoms with E-state index in [1.165, 1.54) is 25.7 Å². The van der Waals surface area contributed by atoms with Crippen LogP contribution in [0.15, 0.2) is 0 Å². The van der Waals surface area contributed by atoms with Crippen molar-refractivity contribution in [2.75, 3.05) is 0 Å². The van der Waals surface area contributed by atoms with Crippen LogP contribution < -0.4 is 0 Å². The Kier molecular flexibility index (Phi) is 8.14. The summed E-state index contributed by atoms with van der Waals surface area (Å²) in [6.07, 6.45) is 5.79. The van der Waals surface area contributed by atoms with E-state index in [1.807, 2.05) is 13.8 Å². The first kappa shape index (κ1) is 16.0. The summed E-state index contributed by atoms with van der Waals surface area (Å²) in [5.41, 5.74) is 0. The summed E-state index contributed by atoms with van der Waals surface area (Å²) < 4.78 is 0. The van der Waals surface area contributed by atoms with Crippen LogP contribution in [0.3, 0.4) is 0 Å². The fourth-order valence-corrected chi connectivity index (χ4v) is 3.44. The third-order valence-electron chi connectivity index (χ3n) is 4.40. The molecule has 1 rings (SSSR count). The van der Waals surface area contributed by atoms with E-state index in [1.54, 1.807) is 0 Å². The average molecular weight is 226 g/mol. The Hall–Kier alpha value is 0. The monoisotopic (exact) mass is 226 g/mol. The summed E-state index contributed by atoms with van der Waals surface area (Å²) in [5, 5.41) is 0. The highest BCUT2D eigenvalue weighted by atomic mass is 14.4. The Morgan fingerprint density at radius 2 is 1.62 bits per heavy atom. The third-order valence-corrected chi connectivity index (χ3v) is 4.40. The second-order valence-corrected chi connectivity index (χ2v) is 5.88. The SMILES string of the molecule is CC.CCC(C(C)C)C1CC(C)CCC1C. The molecule has 0 heterocycles. The highest BCUT2D eigenvalue weighted by Gasteiger charge is 2.32. The van der Waals surface area contributed by atoms with Crippen LogP contribution in [-0.4, -0.2) is 0 Å². The highest BCUT2D eigenvalue weighted by Crippen LogP contribution is 2.41. The molecule has 0 heteroatoms. The molecule has 4 unspecified atom stereocenters. The van der Waals surface area contributed by atoms with Crippen molar-refractivity contribution in [1.29, 1.82) is 0 Å². The van der Waals surface area contributed by atoms with Crippen LogP contribution in [0.5, 0.6) is 0 Å². The summed E-state index contributed by atoms with van der Waals surface area (Å²) in [6, 6.07) is 0. The van der Waals surface area contributed by atoms with E-state index >= 15 is 0 Å². The molecule has 0 nitrogen and oxygen atoms in total. The number of hydrogen-bond acceptors (Lipinski definition) is 0. The Morgan fingerprint density at radius 1 is 1.06 bits per heavy atom. The topological polar surface area (TPSA) is 0 Å². The molecule has 1 fully saturated rings. The zero-order valence-electron chi connectivity index (χ0n) is 12.7. The molecule has 0 aliphatic heterocycles. The second-order valence-electron chi connectivity index (χ2n) is 5.88. The lowest BCUT2D eigenvalue weighted by molar-refractivity contribution is 0.106. The van der Waals surface area contributed by atoms with Gasteiger partial charge < -0.3 is 0 Å². The van der Waals surface area contributed by atoms with Gasteiger partial charge in [-0.25, -0.2) is 0 Å². The molecule has 0 bridgehead atoms. The maximum absolute atomic E-state index is 2.47. The number of hydrogen-bond donors (Lipinski definition) is 0. The van der Waals surface area contributed by atoms with Gasteiger partial charge in [0.1, 0.15) is 0 Å². The molecule has 16 heavy (non-hydrogen) atoms.